The Morgan fingerprint density at radius 2 is 1.58 bits per heavy atom. The number of aliphatic hydroxyl groups is 3. The lowest BCUT2D eigenvalue weighted by molar-refractivity contribution is -0.318. The highest BCUT2D eigenvalue weighted by atomic mass is 16.8. The normalized spacial score (nSPS) is 50.5. The minimum atomic E-state index is -1.64. The van der Waals surface area contributed by atoms with Crippen LogP contribution in [-0.2, 0) is 42.7 Å². The van der Waals surface area contributed by atoms with E-state index in [1.165, 1.54) is 7.11 Å². The van der Waals surface area contributed by atoms with E-state index in [1.54, 1.807) is 34.6 Å². The smallest absolute Gasteiger partial charge is 0.458 e. The zero-order chi connectivity index (χ0) is 40.0. The molecule has 4 aliphatic heterocycles. The van der Waals surface area contributed by atoms with Gasteiger partial charge in [-0.2, -0.15) is 0 Å². The average Bonchev–Trinajstić information content (AvgIpc) is 3.40. The van der Waals surface area contributed by atoms with E-state index in [9.17, 15) is 24.9 Å². The maximum absolute atomic E-state index is 14.3. The molecule has 4 saturated heterocycles. The SMILES string of the molecule is CC[C@H]1OC(=O)[C@H](C)[C@@H](O[C@H]2C[C@@](C)(OC)[C@@H](O)[C@H](C)O2)[C@H](C)[C@@H](O[C@@H]2O[C@H](C)C[C@H](N(C)C)[C@H]2O)[C@@](C)(O)C[C@@H](C)[C@H](N)[C@H](C)[C@H]2OC(=O)O[C@@]21C. The molecule has 53 heavy (non-hydrogen) atoms. The summed E-state index contributed by atoms with van der Waals surface area (Å²) in [6.07, 6.45) is -8.68. The van der Waals surface area contributed by atoms with Crippen molar-refractivity contribution in [2.24, 2.45) is 29.4 Å². The molecule has 0 aromatic carbocycles. The Balaban J connectivity index is 1.84. The topological polar surface area (TPSA) is 198 Å². The molecule has 4 heterocycles. The van der Waals surface area contributed by atoms with E-state index >= 15 is 0 Å². The number of methoxy groups -OCH3 is 1. The minimum absolute atomic E-state index is 0.120. The van der Waals surface area contributed by atoms with Crippen molar-refractivity contribution in [3.8, 4) is 0 Å². The quantitative estimate of drug-likeness (QED) is 0.276. The van der Waals surface area contributed by atoms with Crippen LogP contribution in [0.5, 0.6) is 0 Å². The number of nitrogens with two attached hydrogens (primary N) is 1. The fourth-order valence-corrected chi connectivity index (χ4v) is 9.25. The first-order chi connectivity index (χ1) is 24.5. The molecule has 0 unspecified atom stereocenters. The predicted octanol–water partition coefficient (Wildman–Crippen LogP) is 2.73. The number of fused-ring (bicyclic) bond motifs is 1. The molecule has 308 valence electrons. The summed E-state index contributed by atoms with van der Waals surface area (Å²) in [5.41, 5.74) is 2.89. The first kappa shape index (κ1) is 44.1. The average molecular weight is 761 g/mol. The summed E-state index contributed by atoms with van der Waals surface area (Å²) in [5.74, 6) is -3.24. The molecule has 0 amide bonds. The van der Waals surface area contributed by atoms with Crippen molar-refractivity contribution in [1.82, 2.24) is 4.90 Å². The number of nitrogens with zero attached hydrogens (tertiary/aromatic N) is 1. The predicted molar refractivity (Wildman–Crippen MR) is 192 cm³/mol. The maximum atomic E-state index is 14.3. The van der Waals surface area contributed by atoms with Crippen LogP contribution in [0.1, 0.15) is 94.9 Å². The minimum Gasteiger partial charge on any atom is -0.458 e. The van der Waals surface area contributed by atoms with Gasteiger partial charge in [-0.05, 0) is 80.8 Å². The van der Waals surface area contributed by atoms with Gasteiger partial charge >= 0.3 is 12.1 Å². The molecule has 19 atom stereocenters. The highest BCUT2D eigenvalue weighted by molar-refractivity contribution is 5.73. The molecule has 15 nitrogen and oxygen atoms in total. The van der Waals surface area contributed by atoms with Crippen molar-refractivity contribution in [3.05, 3.63) is 0 Å². The van der Waals surface area contributed by atoms with Crippen molar-refractivity contribution in [2.45, 2.75) is 185 Å². The van der Waals surface area contributed by atoms with E-state index in [2.05, 4.69) is 0 Å². The van der Waals surface area contributed by atoms with Crippen LogP contribution in [0.3, 0.4) is 0 Å². The molecule has 0 bridgehead atoms. The molecular weight excluding hydrogens is 692 g/mol. The Kier molecular flexibility index (Phi) is 14.0. The second-order valence-electron chi connectivity index (χ2n) is 17.2. The Labute approximate surface area is 315 Å². The van der Waals surface area contributed by atoms with Crippen LogP contribution in [0.15, 0.2) is 0 Å². The van der Waals surface area contributed by atoms with Crippen molar-refractivity contribution < 1.29 is 62.8 Å². The number of aliphatic hydroxyl groups excluding tert-OH is 2. The van der Waals surface area contributed by atoms with Gasteiger partial charge < -0.3 is 63.8 Å². The van der Waals surface area contributed by atoms with E-state index in [4.69, 9.17) is 43.6 Å². The fourth-order valence-electron chi connectivity index (χ4n) is 9.25. The fraction of sp³-hybridized carbons (Fsp3) is 0.947. The third-order valence-corrected chi connectivity index (χ3v) is 12.7. The molecule has 0 saturated carbocycles. The van der Waals surface area contributed by atoms with Gasteiger partial charge in [0, 0.05) is 37.5 Å². The molecule has 5 N–H and O–H groups in total. The van der Waals surface area contributed by atoms with Gasteiger partial charge in [0.15, 0.2) is 24.3 Å². The highest BCUT2D eigenvalue weighted by Gasteiger charge is 2.59. The third kappa shape index (κ3) is 9.00. The molecule has 0 aromatic rings. The molecule has 0 spiro atoms. The van der Waals surface area contributed by atoms with E-state index < -0.39 is 108 Å². The van der Waals surface area contributed by atoms with E-state index in [-0.39, 0.29) is 30.9 Å². The van der Waals surface area contributed by atoms with Gasteiger partial charge in [-0.1, -0.05) is 27.7 Å². The number of carbonyl (C=O) groups is 2. The number of hydrogen-bond donors (Lipinski definition) is 4. The zero-order valence-corrected chi connectivity index (χ0v) is 34.0. The number of esters is 1. The second kappa shape index (κ2) is 16.8. The van der Waals surface area contributed by atoms with Crippen LogP contribution in [0.25, 0.3) is 0 Å². The van der Waals surface area contributed by atoms with E-state index in [1.807, 2.05) is 53.6 Å². The lowest BCUT2D eigenvalue weighted by Crippen LogP contribution is -2.61. The molecule has 4 fully saturated rings. The van der Waals surface area contributed by atoms with Gasteiger partial charge in [0.25, 0.3) is 0 Å². The van der Waals surface area contributed by atoms with Gasteiger partial charge in [-0.15, -0.1) is 0 Å². The van der Waals surface area contributed by atoms with Crippen LogP contribution in [0, 0.1) is 23.7 Å². The highest BCUT2D eigenvalue weighted by Crippen LogP contribution is 2.43. The van der Waals surface area contributed by atoms with Crippen LogP contribution >= 0.6 is 0 Å². The van der Waals surface area contributed by atoms with Crippen LogP contribution in [0.2, 0.25) is 0 Å². The Bertz CT molecular complexity index is 1260. The summed E-state index contributed by atoms with van der Waals surface area (Å²) in [5, 5.41) is 35.1. The Morgan fingerprint density at radius 1 is 0.943 bits per heavy atom. The Hall–Kier alpha value is -1.66. The van der Waals surface area contributed by atoms with Crippen molar-refractivity contribution >= 4 is 12.1 Å². The second-order valence-corrected chi connectivity index (χ2v) is 17.2. The van der Waals surface area contributed by atoms with Crippen molar-refractivity contribution in [1.29, 1.82) is 0 Å². The number of ether oxygens (including phenoxy) is 8. The lowest BCUT2D eigenvalue weighted by atomic mass is 9.72. The molecule has 15 heteroatoms. The summed E-state index contributed by atoms with van der Waals surface area (Å²) < 4.78 is 49.3. The number of hydrogen-bond acceptors (Lipinski definition) is 15. The van der Waals surface area contributed by atoms with E-state index in [0.717, 1.165) is 0 Å². The summed E-state index contributed by atoms with van der Waals surface area (Å²) in [4.78, 5) is 29.0. The monoisotopic (exact) mass is 760 g/mol. The molecule has 4 aliphatic rings. The van der Waals surface area contributed by atoms with Gasteiger partial charge in [-0.25, -0.2) is 4.79 Å². The lowest BCUT2D eigenvalue weighted by Gasteiger charge is -2.49. The maximum Gasteiger partial charge on any atom is 0.509 e. The summed E-state index contributed by atoms with van der Waals surface area (Å²) in [6.45, 7) is 17.8. The van der Waals surface area contributed by atoms with Crippen LogP contribution in [-0.4, -0.2) is 144 Å². The zero-order valence-electron chi connectivity index (χ0n) is 34.0. The van der Waals surface area contributed by atoms with Crippen molar-refractivity contribution in [2.75, 3.05) is 21.2 Å². The number of rotatable bonds is 7. The van der Waals surface area contributed by atoms with E-state index in [0.29, 0.717) is 12.8 Å². The first-order valence-corrected chi connectivity index (χ1v) is 19.3. The van der Waals surface area contributed by atoms with Crippen LogP contribution in [0.4, 0.5) is 4.79 Å². The molecule has 0 radical (unpaired) electrons. The molecule has 0 aromatic heterocycles. The number of likely N-dealkylation sites (N-methyl/N-ethyl adjacent to an activating group) is 1. The number of carbonyl (C=O) groups excluding carboxylic acids is 2. The first-order valence-electron chi connectivity index (χ1n) is 19.3. The summed E-state index contributed by atoms with van der Waals surface area (Å²) in [6, 6.07) is -0.896. The summed E-state index contributed by atoms with van der Waals surface area (Å²) in [7, 11) is 5.26. The van der Waals surface area contributed by atoms with Gasteiger partial charge in [0.1, 0.15) is 18.3 Å². The Morgan fingerprint density at radius 3 is 2.17 bits per heavy atom. The largest absolute Gasteiger partial charge is 0.509 e. The van der Waals surface area contributed by atoms with Crippen molar-refractivity contribution in [3.63, 3.8) is 0 Å². The number of cyclic esters (lactones) is 1. The summed E-state index contributed by atoms with van der Waals surface area (Å²) >= 11 is 0. The molecule has 0 aliphatic carbocycles. The third-order valence-electron chi connectivity index (χ3n) is 12.7. The standard InChI is InChI=1S/C38H68N2O13/c1-14-25-38(10)32(52-35(44)53-38)20(4)27(39)18(2)16-36(8,45)31(51-34-28(41)24(40(11)12)15-19(3)47-34)21(5)29(22(6)33(43)49-25)50-26-17-37(9,46-13)30(42)23(7)48-26/h18-32,34,41-42,45H,14-17,39H2,1-13H3/t18-,19-,20+,21+,22-,23+,24+,25-,26+,27+,28-,29+,30+,31-,32-,34+,36+,37-,38-/m1/s1. The van der Waals surface area contributed by atoms with Gasteiger partial charge in [0.2, 0.25) is 0 Å². The van der Waals surface area contributed by atoms with Gasteiger partial charge in [-0.3, -0.25) is 4.79 Å². The molecule has 4 rings (SSSR count). The van der Waals surface area contributed by atoms with Gasteiger partial charge in [0.05, 0.1) is 41.5 Å². The molecular formula is C38H68N2O13. The van der Waals surface area contributed by atoms with Crippen LogP contribution < -0.4 is 5.73 Å².